The van der Waals surface area contributed by atoms with Crippen LogP contribution in [0.2, 0.25) is 0 Å². The van der Waals surface area contributed by atoms with Crippen LogP contribution in [0, 0.1) is 0 Å². The van der Waals surface area contributed by atoms with Gasteiger partial charge in [0.2, 0.25) is 0 Å². The number of rotatable bonds is 9. The maximum atomic E-state index is 11.8. The maximum absolute atomic E-state index is 11.8. The number of hydrogen-bond donors (Lipinski definition) is 1. The van der Waals surface area contributed by atoms with Crippen molar-refractivity contribution in [1.29, 1.82) is 0 Å². The standard InChI is InChI=1S/C16H23NO/c1-2-3-4-5-9-12-16(18)15(17)13-14-10-7-6-8-11-14/h2,6-8,10-11,15H,1,3-5,9,12-13,17H2. The summed E-state index contributed by atoms with van der Waals surface area (Å²) in [5.74, 6) is 0.178. The summed E-state index contributed by atoms with van der Waals surface area (Å²) < 4.78 is 0. The Bertz CT molecular complexity index is 359. The van der Waals surface area contributed by atoms with Gasteiger partial charge in [0, 0.05) is 6.42 Å². The average Bonchev–Trinajstić information content (AvgIpc) is 2.39. The van der Waals surface area contributed by atoms with Crippen molar-refractivity contribution in [3.8, 4) is 0 Å². The maximum Gasteiger partial charge on any atom is 0.149 e. The van der Waals surface area contributed by atoms with Gasteiger partial charge in [0.25, 0.3) is 0 Å². The van der Waals surface area contributed by atoms with Crippen LogP contribution in [-0.4, -0.2) is 11.8 Å². The normalized spacial score (nSPS) is 12.1. The van der Waals surface area contributed by atoms with Gasteiger partial charge in [-0.3, -0.25) is 4.79 Å². The first-order chi connectivity index (χ1) is 8.74. The Hall–Kier alpha value is -1.41. The van der Waals surface area contributed by atoms with E-state index in [1.54, 1.807) is 0 Å². The topological polar surface area (TPSA) is 43.1 Å². The molecule has 0 saturated heterocycles. The molecule has 0 aromatic heterocycles. The molecule has 0 spiro atoms. The zero-order valence-electron chi connectivity index (χ0n) is 11.0. The fourth-order valence-corrected chi connectivity index (χ4v) is 1.93. The number of benzene rings is 1. The lowest BCUT2D eigenvalue weighted by Gasteiger charge is -2.10. The summed E-state index contributed by atoms with van der Waals surface area (Å²) in [6.07, 6.45) is 7.33. The van der Waals surface area contributed by atoms with Crippen molar-refractivity contribution in [3.05, 3.63) is 48.6 Å². The highest BCUT2D eigenvalue weighted by molar-refractivity contribution is 5.84. The molecular weight excluding hydrogens is 222 g/mol. The van der Waals surface area contributed by atoms with Crippen molar-refractivity contribution in [3.63, 3.8) is 0 Å². The summed E-state index contributed by atoms with van der Waals surface area (Å²) in [5.41, 5.74) is 7.05. The summed E-state index contributed by atoms with van der Waals surface area (Å²) in [7, 11) is 0. The molecule has 0 aliphatic carbocycles. The van der Waals surface area contributed by atoms with Crippen LogP contribution in [0.5, 0.6) is 0 Å². The van der Waals surface area contributed by atoms with E-state index < -0.39 is 0 Å². The van der Waals surface area contributed by atoms with Crippen molar-refractivity contribution in [2.24, 2.45) is 5.73 Å². The fourth-order valence-electron chi connectivity index (χ4n) is 1.93. The molecular formula is C16H23NO. The molecule has 2 N–H and O–H groups in total. The minimum Gasteiger partial charge on any atom is -0.321 e. The lowest BCUT2D eigenvalue weighted by molar-refractivity contribution is -0.120. The molecule has 18 heavy (non-hydrogen) atoms. The number of nitrogens with two attached hydrogens (primary N) is 1. The molecule has 0 aliphatic rings. The molecule has 1 rings (SSSR count). The number of carbonyl (C=O) groups excluding carboxylic acids is 1. The molecule has 1 aromatic rings. The molecule has 0 amide bonds. The van der Waals surface area contributed by atoms with Gasteiger partial charge in [-0.15, -0.1) is 6.58 Å². The van der Waals surface area contributed by atoms with Gasteiger partial charge in [-0.2, -0.15) is 0 Å². The second-order valence-electron chi connectivity index (χ2n) is 4.65. The highest BCUT2D eigenvalue weighted by atomic mass is 16.1. The Morgan fingerprint density at radius 1 is 1.22 bits per heavy atom. The van der Waals surface area contributed by atoms with E-state index in [-0.39, 0.29) is 11.8 Å². The number of Topliss-reactive ketones (excluding diaryl/α,β-unsaturated/α-hetero) is 1. The largest absolute Gasteiger partial charge is 0.321 e. The second-order valence-corrected chi connectivity index (χ2v) is 4.65. The van der Waals surface area contributed by atoms with Gasteiger partial charge in [-0.1, -0.05) is 42.8 Å². The lowest BCUT2D eigenvalue weighted by Crippen LogP contribution is -2.32. The average molecular weight is 245 g/mol. The number of ketones is 1. The molecule has 0 saturated carbocycles. The van der Waals surface area contributed by atoms with Crippen LogP contribution in [0.1, 0.15) is 37.7 Å². The van der Waals surface area contributed by atoms with Gasteiger partial charge < -0.3 is 5.73 Å². The van der Waals surface area contributed by atoms with Crippen molar-refractivity contribution >= 4 is 5.78 Å². The predicted octanol–water partition coefficient (Wildman–Crippen LogP) is 3.26. The molecule has 2 heteroatoms. The van der Waals surface area contributed by atoms with Gasteiger partial charge in [-0.25, -0.2) is 0 Å². The summed E-state index contributed by atoms with van der Waals surface area (Å²) in [5, 5.41) is 0. The molecule has 1 aromatic carbocycles. The van der Waals surface area contributed by atoms with E-state index in [0.29, 0.717) is 12.8 Å². The molecule has 1 atom stereocenters. The third kappa shape index (κ3) is 5.78. The smallest absolute Gasteiger partial charge is 0.149 e. The van der Waals surface area contributed by atoms with E-state index in [9.17, 15) is 4.79 Å². The van der Waals surface area contributed by atoms with Crippen LogP contribution in [0.4, 0.5) is 0 Å². The quantitative estimate of drug-likeness (QED) is 0.536. The van der Waals surface area contributed by atoms with E-state index in [1.165, 1.54) is 0 Å². The minimum atomic E-state index is -0.355. The summed E-state index contributed by atoms with van der Waals surface area (Å²) in [4.78, 5) is 11.8. The first kappa shape index (κ1) is 14.7. The highest BCUT2D eigenvalue weighted by Crippen LogP contribution is 2.08. The molecule has 0 radical (unpaired) electrons. The molecule has 0 heterocycles. The SMILES string of the molecule is C=CCCCCCC(=O)C(N)Cc1ccccc1. The highest BCUT2D eigenvalue weighted by Gasteiger charge is 2.13. The van der Waals surface area contributed by atoms with Gasteiger partial charge in [0.05, 0.1) is 6.04 Å². The Balaban J connectivity index is 2.23. The van der Waals surface area contributed by atoms with Crippen LogP contribution in [0.3, 0.4) is 0 Å². The minimum absolute atomic E-state index is 0.178. The van der Waals surface area contributed by atoms with Gasteiger partial charge in [0.15, 0.2) is 0 Å². The van der Waals surface area contributed by atoms with Crippen LogP contribution in [-0.2, 0) is 11.2 Å². The van der Waals surface area contributed by atoms with Crippen LogP contribution >= 0.6 is 0 Å². The number of carbonyl (C=O) groups is 1. The Morgan fingerprint density at radius 2 is 1.94 bits per heavy atom. The molecule has 0 aliphatic heterocycles. The van der Waals surface area contributed by atoms with Crippen LogP contribution < -0.4 is 5.73 Å². The van der Waals surface area contributed by atoms with Crippen LogP contribution in [0.15, 0.2) is 43.0 Å². The van der Waals surface area contributed by atoms with Crippen molar-refractivity contribution < 1.29 is 4.79 Å². The molecule has 0 fully saturated rings. The van der Waals surface area contributed by atoms with Crippen molar-refractivity contribution in [2.75, 3.05) is 0 Å². The van der Waals surface area contributed by atoms with E-state index in [0.717, 1.165) is 31.2 Å². The van der Waals surface area contributed by atoms with Gasteiger partial charge in [-0.05, 0) is 31.2 Å². The second kappa shape index (κ2) is 8.65. The third-order valence-corrected chi connectivity index (χ3v) is 3.04. The lowest BCUT2D eigenvalue weighted by atomic mass is 9.99. The summed E-state index contributed by atoms with van der Waals surface area (Å²) in [6.45, 7) is 3.68. The van der Waals surface area contributed by atoms with Crippen molar-refractivity contribution in [2.45, 2.75) is 44.6 Å². The number of hydrogen-bond acceptors (Lipinski definition) is 2. The first-order valence-electron chi connectivity index (χ1n) is 6.67. The Labute approximate surface area is 110 Å². The number of allylic oxidation sites excluding steroid dienone is 1. The number of unbranched alkanes of at least 4 members (excludes halogenated alkanes) is 3. The third-order valence-electron chi connectivity index (χ3n) is 3.04. The Morgan fingerprint density at radius 3 is 2.61 bits per heavy atom. The molecule has 98 valence electrons. The Kier molecular flexibility index (Phi) is 7.04. The van der Waals surface area contributed by atoms with Gasteiger partial charge in [0.1, 0.15) is 5.78 Å². The molecule has 2 nitrogen and oxygen atoms in total. The van der Waals surface area contributed by atoms with Gasteiger partial charge >= 0.3 is 0 Å². The van der Waals surface area contributed by atoms with Crippen molar-refractivity contribution in [1.82, 2.24) is 0 Å². The molecule has 1 unspecified atom stereocenters. The zero-order chi connectivity index (χ0) is 13.2. The van der Waals surface area contributed by atoms with Crippen LogP contribution in [0.25, 0.3) is 0 Å². The van der Waals surface area contributed by atoms with E-state index in [1.807, 2.05) is 36.4 Å². The monoisotopic (exact) mass is 245 g/mol. The molecule has 0 bridgehead atoms. The zero-order valence-corrected chi connectivity index (χ0v) is 11.0. The summed E-state index contributed by atoms with van der Waals surface area (Å²) >= 11 is 0. The first-order valence-corrected chi connectivity index (χ1v) is 6.67. The predicted molar refractivity (Wildman–Crippen MR) is 76.4 cm³/mol. The van der Waals surface area contributed by atoms with E-state index >= 15 is 0 Å². The van der Waals surface area contributed by atoms with E-state index in [2.05, 4.69) is 6.58 Å². The summed E-state index contributed by atoms with van der Waals surface area (Å²) in [6, 6.07) is 9.58. The van der Waals surface area contributed by atoms with E-state index in [4.69, 9.17) is 5.73 Å². The fraction of sp³-hybridized carbons (Fsp3) is 0.438.